The van der Waals surface area contributed by atoms with Crippen LogP contribution in [0.5, 0.6) is 0 Å². The van der Waals surface area contributed by atoms with E-state index in [0.29, 0.717) is 43.0 Å². The zero-order valence-electron chi connectivity index (χ0n) is 31.5. The van der Waals surface area contributed by atoms with Crippen LogP contribution < -0.4 is 10.6 Å². The maximum atomic E-state index is 12.1. The third-order valence-corrected chi connectivity index (χ3v) is 8.36. The monoisotopic (exact) mass is 742 g/mol. The van der Waals surface area contributed by atoms with Gasteiger partial charge in [0.05, 0.1) is 36.7 Å². The van der Waals surface area contributed by atoms with Crippen molar-refractivity contribution in [3.05, 3.63) is 121 Å². The summed E-state index contributed by atoms with van der Waals surface area (Å²) < 4.78 is 8.68. The maximum absolute atomic E-state index is 12.1. The summed E-state index contributed by atoms with van der Waals surface area (Å²) in [6.07, 6.45) is 35.0. The van der Waals surface area contributed by atoms with E-state index >= 15 is 0 Å². The molecule has 0 fully saturated rings. The lowest BCUT2D eigenvalue weighted by Crippen LogP contribution is -2.35. The summed E-state index contributed by atoms with van der Waals surface area (Å²) in [7, 11) is 0. The zero-order chi connectivity index (χ0) is 38.3. The Morgan fingerprint density at radius 2 is 1.60 bits per heavy atom. The van der Waals surface area contributed by atoms with E-state index < -0.39 is 6.09 Å². The minimum Gasteiger partial charge on any atom is -0.448 e. The fourth-order valence-corrected chi connectivity index (χ4v) is 5.50. The Labute approximate surface area is 322 Å². The van der Waals surface area contributed by atoms with Crippen LogP contribution in [0.25, 0.3) is 33.5 Å². The first-order chi connectivity index (χ1) is 27.1. The van der Waals surface area contributed by atoms with E-state index in [4.69, 9.17) is 9.72 Å². The molecule has 55 heavy (non-hydrogen) atoms. The molecule has 0 aliphatic rings. The van der Waals surface area contributed by atoms with Gasteiger partial charge in [-0.3, -0.25) is 14.5 Å². The highest BCUT2D eigenvalue weighted by molar-refractivity contribution is 5.79. The molecule has 0 spiro atoms. The number of allylic oxidation sites excluding steroid dienone is 10. The summed E-state index contributed by atoms with van der Waals surface area (Å²) in [5, 5.41) is 19.4. The van der Waals surface area contributed by atoms with Gasteiger partial charge in [0, 0.05) is 42.9 Å². The molecule has 0 aliphatic heterocycles. The molecule has 0 bridgehead atoms. The first-order valence-electron chi connectivity index (χ1n) is 18.9. The van der Waals surface area contributed by atoms with Crippen molar-refractivity contribution in [2.24, 2.45) is 0 Å². The van der Waals surface area contributed by atoms with Crippen LogP contribution in [0.2, 0.25) is 0 Å². The molecule has 13 nitrogen and oxygen atoms in total. The van der Waals surface area contributed by atoms with Crippen LogP contribution in [0, 0.1) is 0 Å². The molecule has 286 valence electrons. The summed E-state index contributed by atoms with van der Waals surface area (Å²) in [4.78, 5) is 37.9. The van der Waals surface area contributed by atoms with Crippen molar-refractivity contribution in [1.82, 2.24) is 50.4 Å². The molecule has 0 radical (unpaired) electrons. The quantitative estimate of drug-likeness (QED) is 0.0544. The molecule has 5 rings (SSSR count). The van der Waals surface area contributed by atoms with E-state index in [1.807, 2.05) is 30.5 Å². The molecule has 2 amide bonds. The molecule has 5 aromatic rings. The van der Waals surface area contributed by atoms with Crippen LogP contribution in [0.3, 0.4) is 0 Å². The highest BCUT2D eigenvalue weighted by atomic mass is 16.5. The number of unbranched alkanes of at least 4 members (excludes halogenated alkanes) is 1. The number of fused-ring (bicyclic) bond motifs is 2. The van der Waals surface area contributed by atoms with Gasteiger partial charge in [0.25, 0.3) is 0 Å². The Balaban J connectivity index is 0.905. The Hall–Kier alpha value is -6.24. The minimum absolute atomic E-state index is 0.0377. The lowest BCUT2D eigenvalue weighted by atomic mass is 10.1. The predicted molar refractivity (Wildman–Crippen MR) is 216 cm³/mol. The van der Waals surface area contributed by atoms with Crippen LogP contribution in [0.15, 0.2) is 116 Å². The maximum Gasteiger partial charge on any atom is 0.407 e. The number of hydrogen-bond donors (Lipinski definition) is 2. The number of pyridine rings is 1. The van der Waals surface area contributed by atoms with Crippen molar-refractivity contribution in [2.45, 2.75) is 71.4 Å². The van der Waals surface area contributed by atoms with E-state index in [0.717, 1.165) is 67.0 Å². The average molecular weight is 743 g/mol. The standard InChI is InChI=1S/C42H50N10O3/c1-2-3-4-5-6-7-8-9-10-11-12-13-14-15-16-17-18-21-39(53)44-25-26-45-42(54)55-28-27-51-33-36(30-47-51)38-31-46-40-41(48-38)52(50-49-40)32-34-22-23-37-35(29-34)20-19-24-43-37/h3-4,6-7,9-10,12-13,15-16,19-20,22-24,29-31,33H,2,5,8,11,14,17-18,21,25-28,32H2,1H3,(H,44,53)(H,45,54). The van der Waals surface area contributed by atoms with Crippen LogP contribution in [-0.4, -0.2) is 71.4 Å². The number of rotatable bonds is 22. The molecule has 4 heterocycles. The minimum atomic E-state index is -0.556. The Kier molecular flexibility index (Phi) is 16.5. The summed E-state index contributed by atoms with van der Waals surface area (Å²) in [6.45, 7) is 3.71. The number of ether oxygens (including phenoxy) is 1. The van der Waals surface area contributed by atoms with Crippen LogP contribution >= 0.6 is 0 Å². The topological polar surface area (TPSA) is 155 Å². The second-order valence-electron chi connectivity index (χ2n) is 12.7. The third-order valence-electron chi connectivity index (χ3n) is 8.36. The number of amides is 2. The number of benzene rings is 1. The van der Waals surface area contributed by atoms with E-state index in [9.17, 15) is 9.59 Å². The fourth-order valence-electron chi connectivity index (χ4n) is 5.50. The van der Waals surface area contributed by atoms with Gasteiger partial charge in [0.1, 0.15) is 6.61 Å². The molecular formula is C42H50N10O3. The lowest BCUT2D eigenvalue weighted by Gasteiger charge is -2.08. The van der Waals surface area contributed by atoms with E-state index in [2.05, 4.69) is 110 Å². The number of alkyl carbamates (subject to hydrolysis) is 1. The average Bonchev–Trinajstić information content (AvgIpc) is 3.84. The zero-order valence-corrected chi connectivity index (χ0v) is 31.5. The van der Waals surface area contributed by atoms with Gasteiger partial charge in [0.15, 0.2) is 5.65 Å². The van der Waals surface area contributed by atoms with Crippen molar-refractivity contribution in [1.29, 1.82) is 0 Å². The van der Waals surface area contributed by atoms with Crippen molar-refractivity contribution < 1.29 is 14.3 Å². The Morgan fingerprint density at radius 3 is 2.38 bits per heavy atom. The van der Waals surface area contributed by atoms with Gasteiger partial charge >= 0.3 is 6.09 Å². The van der Waals surface area contributed by atoms with Crippen molar-refractivity contribution in [3.63, 3.8) is 0 Å². The smallest absolute Gasteiger partial charge is 0.407 e. The molecule has 13 heteroatoms. The van der Waals surface area contributed by atoms with Gasteiger partial charge in [-0.2, -0.15) is 5.10 Å². The highest BCUT2D eigenvalue weighted by Gasteiger charge is 2.12. The summed E-state index contributed by atoms with van der Waals surface area (Å²) in [5.41, 5.74) is 4.38. The highest BCUT2D eigenvalue weighted by Crippen LogP contribution is 2.19. The Morgan fingerprint density at radius 1 is 0.855 bits per heavy atom. The van der Waals surface area contributed by atoms with Crippen LogP contribution in [0.1, 0.15) is 63.9 Å². The number of carbonyl (C=O) groups excluding carboxylic acids is 2. The van der Waals surface area contributed by atoms with Gasteiger partial charge in [0.2, 0.25) is 11.6 Å². The molecule has 0 aliphatic carbocycles. The normalized spacial score (nSPS) is 12.1. The SMILES string of the molecule is CCC=CCC=CCC=CCC=CCC=CCCCC(=O)NCCNC(=O)OCCn1cc(-c2cnc3nnn(Cc4ccc5ncccc5c4)c3n2)cn1. The molecule has 0 saturated carbocycles. The van der Waals surface area contributed by atoms with E-state index in [1.165, 1.54) is 0 Å². The van der Waals surface area contributed by atoms with Crippen molar-refractivity contribution in [2.75, 3.05) is 19.7 Å². The van der Waals surface area contributed by atoms with Crippen molar-refractivity contribution in [3.8, 4) is 11.3 Å². The van der Waals surface area contributed by atoms with Gasteiger partial charge < -0.3 is 15.4 Å². The van der Waals surface area contributed by atoms with Crippen molar-refractivity contribution >= 4 is 34.2 Å². The molecular weight excluding hydrogens is 693 g/mol. The first kappa shape index (κ1) is 40.0. The number of nitrogens with zero attached hydrogens (tertiary/aromatic N) is 8. The largest absolute Gasteiger partial charge is 0.448 e. The third kappa shape index (κ3) is 13.9. The predicted octanol–water partition coefficient (Wildman–Crippen LogP) is 7.45. The van der Waals surface area contributed by atoms with Crippen LogP contribution in [-0.2, 0) is 22.6 Å². The fraction of sp³-hybridized carbons (Fsp3) is 0.333. The first-order valence-corrected chi connectivity index (χ1v) is 18.9. The van der Waals surface area contributed by atoms with Gasteiger partial charge in [-0.15, -0.1) is 5.10 Å². The number of nitrogens with one attached hydrogen (secondary N) is 2. The second kappa shape index (κ2) is 22.7. The Bertz CT molecular complexity index is 2110. The number of aromatic nitrogens is 8. The lowest BCUT2D eigenvalue weighted by molar-refractivity contribution is -0.121. The van der Waals surface area contributed by atoms with Gasteiger partial charge in [-0.1, -0.05) is 85.0 Å². The number of carbonyl (C=O) groups is 2. The molecule has 0 atom stereocenters. The summed E-state index contributed by atoms with van der Waals surface area (Å²) in [6, 6.07) is 10.0. The summed E-state index contributed by atoms with van der Waals surface area (Å²) in [5.74, 6) is -0.0377. The molecule has 2 N–H and O–H groups in total. The van der Waals surface area contributed by atoms with Crippen LogP contribution in [0.4, 0.5) is 4.79 Å². The van der Waals surface area contributed by atoms with Gasteiger partial charge in [-0.25, -0.2) is 19.4 Å². The van der Waals surface area contributed by atoms with E-state index in [-0.39, 0.29) is 19.1 Å². The molecule has 1 aromatic carbocycles. The molecule has 0 unspecified atom stereocenters. The van der Waals surface area contributed by atoms with E-state index in [1.54, 1.807) is 28.0 Å². The van der Waals surface area contributed by atoms with Gasteiger partial charge in [-0.05, 0) is 68.7 Å². The molecule has 4 aromatic heterocycles. The number of hydrogen-bond acceptors (Lipinski definition) is 9. The summed E-state index contributed by atoms with van der Waals surface area (Å²) >= 11 is 0. The second-order valence-corrected chi connectivity index (χ2v) is 12.7. The molecule has 0 saturated heterocycles.